The maximum atomic E-state index is 12.8. The molecule has 2 aromatic carbocycles. The first kappa shape index (κ1) is 20.4. The molecule has 1 amide bonds. The number of carbonyl (C=O) groups is 1. The predicted molar refractivity (Wildman–Crippen MR) is 106 cm³/mol. The van der Waals surface area contributed by atoms with Crippen molar-refractivity contribution < 1.29 is 22.7 Å². The number of piperidine rings is 1. The molecular formula is C21H25NO5S. The third kappa shape index (κ3) is 4.72. The van der Waals surface area contributed by atoms with E-state index in [-0.39, 0.29) is 5.91 Å². The van der Waals surface area contributed by atoms with Gasteiger partial charge in [-0.1, -0.05) is 18.2 Å². The lowest BCUT2D eigenvalue weighted by atomic mass is 10.1. The van der Waals surface area contributed by atoms with E-state index in [1.165, 1.54) is 0 Å². The smallest absolute Gasteiger partial charge is 0.253 e. The second-order valence-electron chi connectivity index (χ2n) is 6.72. The molecule has 2 aromatic rings. The Hall–Kier alpha value is -2.38. The van der Waals surface area contributed by atoms with Crippen LogP contribution in [-0.2, 0) is 14.6 Å². The minimum absolute atomic E-state index is 0.0843. The number of amides is 1. The number of hydrogen-bond acceptors (Lipinski definition) is 5. The Morgan fingerprint density at radius 3 is 2.25 bits per heavy atom. The van der Waals surface area contributed by atoms with Crippen molar-refractivity contribution in [3.8, 4) is 5.75 Å². The fourth-order valence-corrected chi connectivity index (χ4v) is 5.04. The van der Waals surface area contributed by atoms with E-state index in [0.717, 1.165) is 0 Å². The monoisotopic (exact) mass is 403 g/mol. The Kier molecular flexibility index (Phi) is 6.70. The Morgan fingerprint density at radius 1 is 1.00 bits per heavy atom. The lowest BCUT2D eigenvalue weighted by Crippen LogP contribution is -2.42. The van der Waals surface area contributed by atoms with E-state index >= 15 is 0 Å². The molecular weight excluding hydrogens is 378 g/mol. The van der Waals surface area contributed by atoms with Crippen molar-refractivity contribution >= 4 is 15.7 Å². The van der Waals surface area contributed by atoms with Crippen molar-refractivity contribution in [2.24, 2.45) is 0 Å². The maximum Gasteiger partial charge on any atom is 0.253 e. The lowest BCUT2D eigenvalue weighted by Gasteiger charge is -2.31. The van der Waals surface area contributed by atoms with Gasteiger partial charge in [0.25, 0.3) is 5.91 Å². The van der Waals surface area contributed by atoms with E-state index in [1.807, 2.05) is 0 Å². The highest BCUT2D eigenvalue weighted by Gasteiger charge is 2.32. The van der Waals surface area contributed by atoms with Gasteiger partial charge < -0.3 is 14.4 Å². The van der Waals surface area contributed by atoms with Gasteiger partial charge in [-0.15, -0.1) is 0 Å². The highest BCUT2D eigenvalue weighted by molar-refractivity contribution is 7.92. The molecule has 3 rings (SSSR count). The van der Waals surface area contributed by atoms with Crippen LogP contribution in [0.1, 0.15) is 23.2 Å². The number of rotatable bonds is 7. The first-order valence-electron chi connectivity index (χ1n) is 9.32. The Balaban J connectivity index is 1.58. The van der Waals surface area contributed by atoms with E-state index in [9.17, 15) is 13.2 Å². The standard InChI is InChI=1S/C21H25NO5S/c1-26-15-16-27-18-9-7-17(8-10-18)21(23)22-13-11-20(12-14-22)28(24,25)19-5-3-2-4-6-19/h2-10,20H,11-16H2,1H3. The van der Waals surface area contributed by atoms with Crippen molar-refractivity contribution in [1.82, 2.24) is 4.90 Å². The van der Waals surface area contributed by atoms with Crippen molar-refractivity contribution in [2.75, 3.05) is 33.4 Å². The van der Waals surface area contributed by atoms with Crippen LogP contribution in [0.3, 0.4) is 0 Å². The molecule has 0 N–H and O–H groups in total. The zero-order valence-electron chi connectivity index (χ0n) is 15.9. The van der Waals surface area contributed by atoms with Crippen LogP contribution in [0.15, 0.2) is 59.5 Å². The summed E-state index contributed by atoms with van der Waals surface area (Å²) < 4.78 is 35.9. The Labute approximate surface area is 166 Å². The molecule has 6 nitrogen and oxygen atoms in total. The van der Waals surface area contributed by atoms with E-state index in [4.69, 9.17) is 9.47 Å². The third-order valence-electron chi connectivity index (χ3n) is 4.90. The molecule has 150 valence electrons. The van der Waals surface area contributed by atoms with E-state index in [1.54, 1.807) is 66.6 Å². The zero-order chi connectivity index (χ0) is 20.0. The molecule has 7 heteroatoms. The second kappa shape index (κ2) is 9.21. The van der Waals surface area contributed by atoms with Crippen molar-refractivity contribution in [1.29, 1.82) is 0 Å². The van der Waals surface area contributed by atoms with Gasteiger partial charge in [-0.25, -0.2) is 8.42 Å². The molecule has 0 atom stereocenters. The fraction of sp³-hybridized carbons (Fsp3) is 0.381. The summed E-state index contributed by atoms with van der Waals surface area (Å²) in [5, 5.41) is -0.449. The highest BCUT2D eigenvalue weighted by Crippen LogP contribution is 2.25. The minimum atomic E-state index is -3.36. The van der Waals surface area contributed by atoms with Gasteiger partial charge in [0.05, 0.1) is 16.8 Å². The first-order chi connectivity index (χ1) is 13.5. The van der Waals surface area contributed by atoms with Crippen molar-refractivity contribution in [2.45, 2.75) is 23.0 Å². The van der Waals surface area contributed by atoms with Gasteiger partial charge in [0.15, 0.2) is 9.84 Å². The van der Waals surface area contributed by atoms with E-state index in [2.05, 4.69) is 0 Å². The molecule has 0 aromatic heterocycles. The number of sulfone groups is 1. The highest BCUT2D eigenvalue weighted by atomic mass is 32.2. The maximum absolute atomic E-state index is 12.8. The summed E-state index contributed by atoms with van der Waals surface area (Å²) in [6.45, 7) is 1.82. The number of nitrogens with zero attached hydrogens (tertiary/aromatic N) is 1. The van der Waals surface area contributed by atoms with Gasteiger partial charge in [-0.3, -0.25) is 4.79 Å². The van der Waals surface area contributed by atoms with Gasteiger partial charge in [0.1, 0.15) is 12.4 Å². The average molecular weight is 404 g/mol. The van der Waals surface area contributed by atoms with Crippen LogP contribution in [0.4, 0.5) is 0 Å². The van der Waals surface area contributed by atoms with Gasteiger partial charge in [0, 0.05) is 25.8 Å². The number of benzene rings is 2. The molecule has 28 heavy (non-hydrogen) atoms. The van der Waals surface area contributed by atoms with Crippen LogP contribution >= 0.6 is 0 Å². The fourth-order valence-electron chi connectivity index (χ4n) is 3.29. The lowest BCUT2D eigenvalue weighted by molar-refractivity contribution is 0.0725. The van der Waals surface area contributed by atoms with Gasteiger partial charge in [-0.2, -0.15) is 0 Å². The summed E-state index contributed by atoms with van der Waals surface area (Å²) in [6, 6.07) is 15.5. The summed E-state index contributed by atoms with van der Waals surface area (Å²) in [4.78, 5) is 14.8. The van der Waals surface area contributed by atoms with Crippen LogP contribution < -0.4 is 4.74 Å². The third-order valence-corrected chi connectivity index (χ3v) is 7.18. The molecule has 0 radical (unpaired) electrons. The zero-order valence-corrected chi connectivity index (χ0v) is 16.7. The summed E-state index contributed by atoms with van der Waals surface area (Å²) in [6.07, 6.45) is 0.891. The summed E-state index contributed by atoms with van der Waals surface area (Å²) >= 11 is 0. The Morgan fingerprint density at radius 2 is 1.64 bits per heavy atom. The molecule has 0 bridgehead atoms. The van der Waals surface area contributed by atoms with Gasteiger partial charge in [-0.05, 0) is 49.2 Å². The molecule has 1 saturated heterocycles. The normalized spacial score (nSPS) is 15.4. The molecule has 0 spiro atoms. The van der Waals surface area contributed by atoms with Crippen LogP contribution in [0.2, 0.25) is 0 Å². The topological polar surface area (TPSA) is 72.9 Å². The van der Waals surface area contributed by atoms with Crippen molar-refractivity contribution in [3.63, 3.8) is 0 Å². The number of carbonyl (C=O) groups excluding carboxylic acids is 1. The van der Waals surface area contributed by atoms with Crippen LogP contribution in [0, 0.1) is 0 Å². The van der Waals surface area contributed by atoms with Crippen LogP contribution in [-0.4, -0.2) is 57.9 Å². The largest absolute Gasteiger partial charge is 0.491 e. The minimum Gasteiger partial charge on any atom is -0.491 e. The number of hydrogen-bond donors (Lipinski definition) is 0. The quantitative estimate of drug-likeness (QED) is 0.665. The van der Waals surface area contributed by atoms with E-state index < -0.39 is 15.1 Å². The average Bonchev–Trinajstić information content (AvgIpc) is 2.75. The summed E-state index contributed by atoms with van der Waals surface area (Å²) in [5.74, 6) is 0.597. The molecule has 0 unspecified atom stereocenters. The van der Waals surface area contributed by atoms with Gasteiger partial charge in [0.2, 0.25) is 0 Å². The second-order valence-corrected chi connectivity index (χ2v) is 8.94. The molecule has 1 heterocycles. The van der Waals surface area contributed by atoms with Crippen LogP contribution in [0.25, 0.3) is 0 Å². The predicted octanol–water partition coefficient (Wildman–Crippen LogP) is 2.79. The molecule has 1 aliphatic heterocycles. The molecule has 1 aliphatic rings. The first-order valence-corrected chi connectivity index (χ1v) is 10.9. The number of methoxy groups -OCH3 is 1. The Bertz CT molecular complexity index is 873. The molecule has 0 saturated carbocycles. The van der Waals surface area contributed by atoms with Crippen LogP contribution in [0.5, 0.6) is 5.75 Å². The SMILES string of the molecule is COCCOc1ccc(C(=O)N2CCC(S(=O)(=O)c3ccccc3)CC2)cc1. The molecule has 0 aliphatic carbocycles. The molecule has 1 fully saturated rings. The van der Waals surface area contributed by atoms with E-state index in [0.29, 0.717) is 55.4 Å². The van der Waals surface area contributed by atoms with Gasteiger partial charge >= 0.3 is 0 Å². The number of likely N-dealkylation sites (tertiary alicyclic amines) is 1. The van der Waals surface area contributed by atoms with Crippen molar-refractivity contribution in [3.05, 3.63) is 60.2 Å². The summed E-state index contributed by atoms with van der Waals surface area (Å²) in [7, 11) is -1.75. The summed E-state index contributed by atoms with van der Waals surface area (Å²) in [5.41, 5.74) is 0.573. The number of ether oxygens (including phenoxy) is 2.